The third-order valence-corrected chi connectivity index (χ3v) is 6.09. The van der Waals surface area contributed by atoms with Crippen molar-refractivity contribution in [2.24, 2.45) is 0 Å². The van der Waals surface area contributed by atoms with E-state index in [0.717, 1.165) is 37.1 Å². The summed E-state index contributed by atoms with van der Waals surface area (Å²) in [5, 5.41) is 11.8. The summed E-state index contributed by atoms with van der Waals surface area (Å²) in [6.45, 7) is 5.68. The summed E-state index contributed by atoms with van der Waals surface area (Å²) in [6.07, 6.45) is 0.516. The Kier molecular flexibility index (Phi) is 6.46. The summed E-state index contributed by atoms with van der Waals surface area (Å²) in [6, 6.07) is 13.6. The number of phenols is 1. The molecule has 0 unspecified atom stereocenters. The van der Waals surface area contributed by atoms with Crippen molar-refractivity contribution in [1.29, 1.82) is 0 Å². The molecule has 3 aromatic rings. The quantitative estimate of drug-likeness (QED) is 0.469. The van der Waals surface area contributed by atoms with Crippen molar-refractivity contribution in [3.8, 4) is 5.75 Å². The van der Waals surface area contributed by atoms with Gasteiger partial charge < -0.3 is 19.2 Å². The second-order valence-electron chi connectivity index (χ2n) is 8.16. The number of phenolic OH excluding ortho intramolecular Hbond substituents is 1. The number of fused-ring (bicyclic) bond motifs is 1. The van der Waals surface area contributed by atoms with Crippen LogP contribution in [0.3, 0.4) is 0 Å². The van der Waals surface area contributed by atoms with Crippen molar-refractivity contribution in [1.82, 2.24) is 4.90 Å². The first-order valence-corrected chi connectivity index (χ1v) is 10.8. The highest BCUT2D eigenvalue weighted by Gasteiger charge is 2.23. The fourth-order valence-corrected chi connectivity index (χ4v) is 4.27. The highest BCUT2D eigenvalue weighted by atomic mass is 16.5. The molecule has 0 spiro atoms. The molecule has 0 saturated carbocycles. The zero-order valence-electron chi connectivity index (χ0n) is 18.5. The first-order valence-electron chi connectivity index (χ1n) is 10.8. The number of esters is 1. The molecule has 1 aliphatic rings. The number of nitrogens with zero attached hydrogens (tertiary/aromatic N) is 2. The van der Waals surface area contributed by atoms with Gasteiger partial charge in [0.1, 0.15) is 11.3 Å². The Morgan fingerprint density at radius 1 is 1.12 bits per heavy atom. The summed E-state index contributed by atoms with van der Waals surface area (Å²) in [5.41, 5.74) is 3.21. The molecule has 168 valence electrons. The summed E-state index contributed by atoms with van der Waals surface area (Å²) in [5.74, 6) is -0.250. The number of hydrogen-bond acceptors (Lipinski definition) is 7. The second kappa shape index (κ2) is 9.44. The Bertz CT molecular complexity index is 1160. The molecule has 0 atom stereocenters. The summed E-state index contributed by atoms with van der Waals surface area (Å²) >= 11 is 0. The van der Waals surface area contributed by atoms with Gasteiger partial charge in [0.25, 0.3) is 0 Å². The van der Waals surface area contributed by atoms with Crippen LogP contribution in [0.1, 0.15) is 23.1 Å². The predicted molar refractivity (Wildman–Crippen MR) is 123 cm³/mol. The molecule has 4 rings (SSSR count). The highest BCUT2D eigenvalue weighted by molar-refractivity contribution is 5.86. The molecule has 1 aliphatic heterocycles. The zero-order valence-corrected chi connectivity index (χ0v) is 18.5. The smallest absolute Gasteiger partial charge is 0.336 e. The number of carbonyl (C=O) groups excluding carboxylic acids is 1. The van der Waals surface area contributed by atoms with E-state index in [1.165, 1.54) is 18.9 Å². The van der Waals surface area contributed by atoms with Crippen LogP contribution >= 0.6 is 0 Å². The van der Waals surface area contributed by atoms with Crippen molar-refractivity contribution in [3.05, 3.63) is 69.6 Å². The summed E-state index contributed by atoms with van der Waals surface area (Å²) in [7, 11) is 1.35. The number of aryl methyl sites for hydroxylation is 2. The maximum atomic E-state index is 12.1. The van der Waals surface area contributed by atoms with E-state index in [0.29, 0.717) is 29.7 Å². The van der Waals surface area contributed by atoms with E-state index < -0.39 is 5.63 Å². The van der Waals surface area contributed by atoms with Gasteiger partial charge in [0.2, 0.25) is 0 Å². The molecule has 7 heteroatoms. The minimum Gasteiger partial charge on any atom is -0.507 e. The van der Waals surface area contributed by atoms with E-state index in [1.807, 2.05) is 31.2 Å². The predicted octanol–water partition coefficient (Wildman–Crippen LogP) is 3.23. The first-order chi connectivity index (χ1) is 15.5. The van der Waals surface area contributed by atoms with Gasteiger partial charge in [-0.1, -0.05) is 18.2 Å². The van der Waals surface area contributed by atoms with Gasteiger partial charge in [0.05, 0.1) is 12.7 Å². The summed E-state index contributed by atoms with van der Waals surface area (Å²) < 4.78 is 10.3. The number of hydrogen-bond donors (Lipinski definition) is 1. The molecule has 1 saturated heterocycles. The molecule has 7 nitrogen and oxygen atoms in total. The van der Waals surface area contributed by atoms with Gasteiger partial charge in [0, 0.05) is 56.3 Å². The number of carbonyl (C=O) groups is 1. The lowest BCUT2D eigenvalue weighted by atomic mass is 9.98. The molecular weight excluding hydrogens is 408 g/mol. The van der Waals surface area contributed by atoms with E-state index >= 15 is 0 Å². The van der Waals surface area contributed by atoms with Gasteiger partial charge in [0.15, 0.2) is 0 Å². The molecule has 1 aromatic heterocycles. The lowest BCUT2D eigenvalue weighted by Crippen LogP contribution is -2.46. The Morgan fingerprint density at radius 3 is 2.53 bits per heavy atom. The van der Waals surface area contributed by atoms with Crippen molar-refractivity contribution >= 4 is 22.6 Å². The minimum atomic E-state index is -0.438. The number of rotatable bonds is 6. The Hall–Kier alpha value is -3.32. The van der Waals surface area contributed by atoms with Gasteiger partial charge in [-0.15, -0.1) is 0 Å². The molecule has 1 N–H and O–H groups in total. The van der Waals surface area contributed by atoms with Crippen LogP contribution in [0, 0.1) is 6.92 Å². The van der Waals surface area contributed by atoms with Crippen LogP contribution in [0.15, 0.2) is 51.7 Å². The monoisotopic (exact) mass is 436 g/mol. The minimum absolute atomic E-state index is 0.0839. The Labute approximate surface area is 186 Å². The lowest BCUT2D eigenvalue weighted by molar-refractivity contribution is -0.140. The average molecular weight is 437 g/mol. The van der Waals surface area contributed by atoms with Crippen LogP contribution in [-0.4, -0.2) is 49.3 Å². The van der Waals surface area contributed by atoms with E-state index in [4.69, 9.17) is 9.15 Å². The average Bonchev–Trinajstić information content (AvgIpc) is 2.81. The number of aromatic hydroxyl groups is 1. The Morgan fingerprint density at radius 2 is 1.84 bits per heavy atom. The van der Waals surface area contributed by atoms with Crippen LogP contribution in [0.4, 0.5) is 5.69 Å². The number of benzene rings is 2. The van der Waals surface area contributed by atoms with Crippen molar-refractivity contribution in [2.45, 2.75) is 26.3 Å². The molecule has 32 heavy (non-hydrogen) atoms. The molecular formula is C25H28N2O5. The largest absolute Gasteiger partial charge is 0.507 e. The van der Waals surface area contributed by atoms with Gasteiger partial charge in [-0.25, -0.2) is 4.79 Å². The number of anilines is 1. The number of para-hydroxylation sites is 1. The normalized spacial score (nSPS) is 14.6. The van der Waals surface area contributed by atoms with Crippen molar-refractivity contribution in [3.63, 3.8) is 0 Å². The molecule has 2 aromatic carbocycles. The van der Waals surface area contributed by atoms with E-state index in [1.54, 1.807) is 0 Å². The van der Waals surface area contributed by atoms with Gasteiger partial charge >= 0.3 is 11.6 Å². The number of methoxy groups -OCH3 is 1. The highest BCUT2D eigenvalue weighted by Crippen LogP contribution is 2.34. The fraction of sp³-hybridized carbons (Fsp3) is 0.360. The van der Waals surface area contributed by atoms with E-state index in [-0.39, 0.29) is 18.1 Å². The third kappa shape index (κ3) is 4.62. The molecule has 0 aliphatic carbocycles. The standard InChI is InChI=1S/C25H28N2O5/c1-17-14-23(29)32-25-20(17)15-18(8-9-22(28)31-2)24(30)21(25)16-26-10-12-27(13-11-26)19-6-4-3-5-7-19/h3-7,14-15,30H,8-13,16H2,1-2H3. The first kappa shape index (κ1) is 21.9. The van der Waals surface area contributed by atoms with Crippen LogP contribution < -0.4 is 10.5 Å². The topological polar surface area (TPSA) is 83.2 Å². The Balaban J connectivity index is 1.61. The van der Waals surface area contributed by atoms with Gasteiger partial charge in [-0.05, 0) is 42.7 Å². The maximum Gasteiger partial charge on any atom is 0.336 e. The van der Waals surface area contributed by atoms with E-state index in [2.05, 4.69) is 21.9 Å². The summed E-state index contributed by atoms with van der Waals surface area (Å²) in [4.78, 5) is 28.3. The molecule has 0 bridgehead atoms. The van der Waals surface area contributed by atoms with Crippen LogP contribution in [0.2, 0.25) is 0 Å². The second-order valence-corrected chi connectivity index (χ2v) is 8.16. The number of piperazine rings is 1. The molecule has 0 amide bonds. The molecule has 2 heterocycles. The van der Waals surface area contributed by atoms with Gasteiger partial charge in [-0.2, -0.15) is 0 Å². The number of ether oxygens (including phenoxy) is 1. The fourth-order valence-electron chi connectivity index (χ4n) is 4.27. The van der Waals surface area contributed by atoms with Crippen LogP contribution in [0.5, 0.6) is 5.75 Å². The maximum absolute atomic E-state index is 12.1. The van der Waals surface area contributed by atoms with Crippen molar-refractivity contribution < 1.29 is 19.1 Å². The zero-order chi connectivity index (χ0) is 22.7. The lowest BCUT2D eigenvalue weighted by Gasteiger charge is -2.36. The van der Waals surface area contributed by atoms with Crippen molar-refractivity contribution in [2.75, 3.05) is 38.2 Å². The third-order valence-electron chi connectivity index (χ3n) is 6.09. The molecule has 0 radical (unpaired) electrons. The van der Waals surface area contributed by atoms with Gasteiger partial charge in [-0.3, -0.25) is 9.69 Å². The molecule has 1 fully saturated rings. The SMILES string of the molecule is COC(=O)CCc1cc2c(C)cc(=O)oc2c(CN2CCN(c3ccccc3)CC2)c1O. The van der Waals surface area contributed by atoms with Crippen LogP contribution in [0.25, 0.3) is 11.0 Å². The van der Waals surface area contributed by atoms with Crippen LogP contribution in [-0.2, 0) is 22.5 Å². The van der Waals surface area contributed by atoms with E-state index in [9.17, 15) is 14.7 Å².